The number of thiazole rings is 1. The summed E-state index contributed by atoms with van der Waals surface area (Å²) in [4.78, 5) is 41.4. The molecular weight excluding hydrogens is 306 g/mol. The van der Waals surface area contributed by atoms with Crippen LogP contribution in [-0.2, 0) is 17.8 Å². The highest BCUT2D eigenvalue weighted by Gasteiger charge is 2.25. The van der Waals surface area contributed by atoms with Crippen molar-refractivity contribution in [2.75, 3.05) is 11.9 Å². The summed E-state index contributed by atoms with van der Waals surface area (Å²) in [5.41, 5.74) is 0.766. The van der Waals surface area contributed by atoms with Gasteiger partial charge in [-0.1, -0.05) is 11.3 Å². The van der Waals surface area contributed by atoms with Gasteiger partial charge in [0, 0.05) is 30.8 Å². The topological polar surface area (TPSA) is 108 Å². The second-order valence-electron chi connectivity index (χ2n) is 4.85. The Bertz CT molecular complexity index is 777. The van der Waals surface area contributed by atoms with E-state index in [0.29, 0.717) is 24.6 Å². The molecule has 9 heteroatoms. The molecule has 0 aliphatic carbocycles. The van der Waals surface area contributed by atoms with Gasteiger partial charge in [0.05, 0.1) is 12.2 Å². The number of hydrogen-bond acceptors (Lipinski definition) is 6. The Morgan fingerprint density at radius 2 is 2.23 bits per heavy atom. The number of rotatable bonds is 2. The molecule has 0 saturated carbocycles. The van der Waals surface area contributed by atoms with Crippen LogP contribution in [0, 0.1) is 0 Å². The van der Waals surface area contributed by atoms with Crippen molar-refractivity contribution < 1.29 is 9.59 Å². The minimum Gasteiger partial charge on any atom is -0.332 e. The number of fused-ring (bicyclic) bond motifs is 1. The lowest BCUT2D eigenvalue weighted by Crippen LogP contribution is -2.36. The molecule has 3 heterocycles. The second-order valence-corrected chi connectivity index (χ2v) is 5.94. The zero-order valence-electron chi connectivity index (χ0n) is 11.8. The first kappa shape index (κ1) is 14.4. The molecule has 0 radical (unpaired) electrons. The third-order valence-corrected chi connectivity index (χ3v) is 4.20. The molecular formula is C13H13N5O3S. The SMILES string of the molecule is CC(=O)Nc1nc2c(s1)CN(C(=O)c1ccc(=O)[nH]n1)CC2. The molecule has 0 saturated heterocycles. The van der Waals surface area contributed by atoms with Crippen molar-refractivity contribution in [3.8, 4) is 0 Å². The predicted octanol–water partition coefficient (Wildman–Crippen LogP) is 0.383. The van der Waals surface area contributed by atoms with Gasteiger partial charge < -0.3 is 10.2 Å². The molecule has 2 amide bonds. The van der Waals surface area contributed by atoms with Crippen molar-refractivity contribution in [2.45, 2.75) is 19.9 Å². The summed E-state index contributed by atoms with van der Waals surface area (Å²) in [5, 5.41) is 9.22. The fraction of sp³-hybridized carbons (Fsp3) is 0.308. The maximum atomic E-state index is 12.4. The first-order valence-corrected chi connectivity index (χ1v) is 7.46. The summed E-state index contributed by atoms with van der Waals surface area (Å²) in [7, 11) is 0. The van der Waals surface area contributed by atoms with E-state index >= 15 is 0 Å². The van der Waals surface area contributed by atoms with E-state index in [9.17, 15) is 14.4 Å². The first-order chi connectivity index (χ1) is 10.5. The molecule has 2 N–H and O–H groups in total. The van der Waals surface area contributed by atoms with Gasteiger partial charge in [-0.25, -0.2) is 10.1 Å². The number of amides is 2. The quantitative estimate of drug-likeness (QED) is 0.832. The molecule has 1 aliphatic rings. The van der Waals surface area contributed by atoms with Crippen molar-refractivity contribution in [3.63, 3.8) is 0 Å². The number of aromatic nitrogens is 3. The largest absolute Gasteiger partial charge is 0.332 e. The average molecular weight is 319 g/mol. The number of H-pyrrole nitrogens is 1. The monoisotopic (exact) mass is 319 g/mol. The number of carbonyl (C=O) groups is 2. The molecule has 8 nitrogen and oxygen atoms in total. The molecule has 22 heavy (non-hydrogen) atoms. The van der Waals surface area contributed by atoms with Gasteiger partial charge in [-0.15, -0.1) is 0 Å². The van der Waals surface area contributed by atoms with Crippen LogP contribution < -0.4 is 10.9 Å². The molecule has 0 spiro atoms. The number of anilines is 1. The minimum atomic E-state index is -0.347. The van der Waals surface area contributed by atoms with Gasteiger partial charge in [0.25, 0.3) is 11.5 Å². The highest BCUT2D eigenvalue weighted by Crippen LogP contribution is 2.28. The molecule has 0 atom stereocenters. The van der Waals surface area contributed by atoms with E-state index in [4.69, 9.17) is 0 Å². The maximum Gasteiger partial charge on any atom is 0.274 e. The Kier molecular flexibility index (Phi) is 3.72. The molecule has 3 rings (SSSR count). The Hall–Kier alpha value is -2.55. The van der Waals surface area contributed by atoms with Crippen molar-refractivity contribution >= 4 is 28.3 Å². The highest BCUT2D eigenvalue weighted by atomic mass is 32.1. The van der Waals surface area contributed by atoms with Crippen LogP contribution in [0.3, 0.4) is 0 Å². The molecule has 0 unspecified atom stereocenters. The van der Waals surface area contributed by atoms with Crippen LogP contribution in [0.2, 0.25) is 0 Å². The summed E-state index contributed by atoms with van der Waals surface area (Å²) in [6.45, 7) is 2.38. The molecule has 0 aromatic carbocycles. The van der Waals surface area contributed by atoms with Gasteiger partial charge in [0.15, 0.2) is 5.13 Å². The van der Waals surface area contributed by atoms with E-state index in [2.05, 4.69) is 20.5 Å². The molecule has 1 aliphatic heterocycles. The molecule has 114 valence electrons. The van der Waals surface area contributed by atoms with E-state index in [1.807, 2.05) is 0 Å². The Balaban J connectivity index is 1.77. The van der Waals surface area contributed by atoms with E-state index in [1.165, 1.54) is 30.4 Å². The molecule has 0 bridgehead atoms. The minimum absolute atomic E-state index is 0.170. The van der Waals surface area contributed by atoms with E-state index in [0.717, 1.165) is 10.6 Å². The predicted molar refractivity (Wildman–Crippen MR) is 79.7 cm³/mol. The van der Waals surface area contributed by atoms with E-state index in [-0.39, 0.29) is 23.1 Å². The van der Waals surface area contributed by atoms with Crippen LogP contribution in [0.5, 0.6) is 0 Å². The van der Waals surface area contributed by atoms with Gasteiger partial charge in [0.2, 0.25) is 5.91 Å². The summed E-state index contributed by atoms with van der Waals surface area (Å²) in [6.07, 6.45) is 0.626. The lowest BCUT2D eigenvalue weighted by molar-refractivity contribution is -0.114. The summed E-state index contributed by atoms with van der Waals surface area (Å²) >= 11 is 1.37. The van der Waals surface area contributed by atoms with Gasteiger partial charge in [-0.05, 0) is 6.07 Å². The molecule has 2 aromatic heterocycles. The lowest BCUT2D eigenvalue weighted by Gasteiger charge is -2.25. The second kappa shape index (κ2) is 5.68. The lowest BCUT2D eigenvalue weighted by atomic mass is 10.1. The van der Waals surface area contributed by atoms with Crippen LogP contribution in [0.1, 0.15) is 28.0 Å². The summed E-state index contributed by atoms with van der Waals surface area (Å²) in [6, 6.07) is 2.68. The van der Waals surface area contributed by atoms with Gasteiger partial charge in [0.1, 0.15) is 5.69 Å². The van der Waals surface area contributed by atoms with Crippen LogP contribution >= 0.6 is 11.3 Å². The third kappa shape index (κ3) is 2.89. The van der Waals surface area contributed by atoms with E-state index in [1.54, 1.807) is 4.90 Å². The van der Waals surface area contributed by atoms with E-state index < -0.39 is 0 Å². The highest BCUT2D eigenvalue weighted by molar-refractivity contribution is 7.15. The zero-order valence-corrected chi connectivity index (χ0v) is 12.6. The number of nitrogens with zero attached hydrogens (tertiary/aromatic N) is 3. The Morgan fingerprint density at radius 1 is 1.41 bits per heavy atom. The fourth-order valence-electron chi connectivity index (χ4n) is 2.20. The van der Waals surface area contributed by atoms with Gasteiger partial charge >= 0.3 is 0 Å². The number of carbonyl (C=O) groups excluding carboxylic acids is 2. The number of hydrogen-bond donors (Lipinski definition) is 2. The molecule has 0 fully saturated rings. The summed E-state index contributed by atoms with van der Waals surface area (Å²) < 4.78 is 0. The van der Waals surface area contributed by atoms with Crippen molar-refractivity contribution in [1.29, 1.82) is 0 Å². The van der Waals surface area contributed by atoms with Crippen molar-refractivity contribution in [1.82, 2.24) is 20.1 Å². The normalized spacial score (nSPS) is 13.6. The first-order valence-electron chi connectivity index (χ1n) is 6.64. The van der Waals surface area contributed by atoms with Gasteiger partial charge in [-0.3, -0.25) is 14.4 Å². The number of nitrogens with one attached hydrogen (secondary N) is 2. The van der Waals surface area contributed by atoms with Crippen LogP contribution in [-0.4, -0.2) is 38.4 Å². The van der Waals surface area contributed by atoms with Crippen LogP contribution in [0.4, 0.5) is 5.13 Å². The molecule has 2 aromatic rings. The van der Waals surface area contributed by atoms with Crippen molar-refractivity contribution in [2.24, 2.45) is 0 Å². The Morgan fingerprint density at radius 3 is 2.91 bits per heavy atom. The van der Waals surface area contributed by atoms with Crippen LogP contribution in [0.15, 0.2) is 16.9 Å². The zero-order chi connectivity index (χ0) is 15.7. The third-order valence-electron chi connectivity index (χ3n) is 3.20. The smallest absolute Gasteiger partial charge is 0.274 e. The average Bonchev–Trinajstić information content (AvgIpc) is 2.87. The van der Waals surface area contributed by atoms with Crippen molar-refractivity contribution in [3.05, 3.63) is 38.8 Å². The maximum absolute atomic E-state index is 12.4. The van der Waals surface area contributed by atoms with Gasteiger partial charge in [-0.2, -0.15) is 5.10 Å². The summed E-state index contributed by atoms with van der Waals surface area (Å²) in [5.74, 6) is -0.409. The Labute approximate surface area is 129 Å². The standard InChI is InChI=1S/C13H13N5O3S/c1-7(19)14-13-15-8-4-5-18(6-10(8)22-13)12(21)9-2-3-11(20)17-16-9/h2-3H,4-6H2,1H3,(H,17,20)(H,14,15,19). The van der Waals surface area contributed by atoms with Crippen LogP contribution in [0.25, 0.3) is 0 Å². The number of aromatic amines is 1. The fourth-order valence-corrected chi connectivity index (χ4v) is 3.27.